The standard InChI is InChI=1S/C34H36N3.2C30H43P.C13H11N.C4H10.C3H8.CHF3O3S.CH4O3S.2CH3.ClH.3Pd/c1-33(2,3)32(34(4,5)6)28-23-16-24-36(28)31-29(25-17-10-7-11-18-25)35-37(27-21-14-9-15-22-27)30(31)26-19-12-8-13-20-26;2*1-22(2)26-19-13-20-27(23(3)4)30(26)28-18-11-12-21-29(28)31(24-14-7-5-8-15-24)25-16-9-6-10-17-25;1-14-13-10-6-5-9-12(13)11-7-3-2-4-8-11;1-3-4-2;1-3-2;2-1(3,4)8(5,6)7;1-5(2,3)4;;;;;;/h7-24H,1-6H3;2*11-13,18-25H,5-10,14-17H2,1-4H3;2-7,9-10H,1H3;3-4H2,1-2H3;3H2,1-2H3;(H,5,6,7);1H3,(H,2,3,4);2*1H3;1H;;;/q-1;;;-2;;;;;2*-1;;3*+2. The molecule has 4 saturated carbocycles. The fourth-order valence-corrected chi connectivity index (χ4v) is 28.8. The Labute approximate surface area is 885 Å². The van der Waals surface area contributed by atoms with E-state index in [1.807, 2.05) is 55.6 Å². The van der Waals surface area contributed by atoms with E-state index in [2.05, 4.69) is 367 Å². The third-order valence-electron chi connectivity index (χ3n) is 25.6. The van der Waals surface area contributed by atoms with Crippen LogP contribution in [0, 0.1) is 37.7 Å². The predicted octanol–water partition coefficient (Wildman–Crippen LogP) is 35.4. The van der Waals surface area contributed by atoms with E-state index in [1.54, 1.807) is 55.1 Å². The number of alkyl halides is 3. The fourth-order valence-electron chi connectivity index (χ4n) is 20.0. The van der Waals surface area contributed by atoms with Gasteiger partial charge in [0.05, 0.1) is 56.6 Å². The van der Waals surface area contributed by atoms with Crippen LogP contribution in [0.3, 0.4) is 0 Å². The predicted molar refractivity (Wildman–Crippen MR) is 587 cm³/mol. The zero-order chi connectivity index (χ0) is 99.2. The number of benzene rings is 9. The van der Waals surface area contributed by atoms with Crippen molar-refractivity contribution in [1.29, 1.82) is 0 Å². The molecule has 0 bridgehead atoms. The molecule has 1 N–H and O–H groups in total. The number of para-hydroxylation sites is 2. The zero-order valence-corrected chi connectivity index (χ0v) is 96.1. The average Bonchev–Trinajstić information content (AvgIpc) is 1.60. The van der Waals surface area contributed by atoms with Crippen LogP contribution in [-0.2, 0) is 79.3 Å². The number of hydrogen-bond donors (Lipinski definition) is 1. The van der Waals surface area contributed by atoms with Crippen LogP contribution in [-0.4, -0.2) is 81.7 Å². The Bertz CT molecular complexity index is 5240. The van der Waals surface area contributed by atoms with Gasteiger partial charge in [0.25, 0.3) is 10.1 Å². The van der Waals surface area contributed by atoms with Crippen molar-refractivity contribution < 1.29 is 98.1 Å². The van der Waals surface area contributed by atoms with E-state index in [-0.39, 0.29) is 66.5 Å². The first-order valence-electron chi connectivity index (χ1n) is 49.6. The van der Waals surface area contributed by atoms with Crippen molar-refractivity contribution in [1.82, 2.24) is 14.3 Å². The van der Waals surface area contributed by atoms with Crippen molar-refractivity contribution in [3.8, 4) is 67.3 Å². The van der Waals surface area contributed by atoms with E-state index in [0.717, 1.165) is 73.3 Å². The largest absolute Gasteiger partial charge is 2.00 e. The summed E-state index contributed by atoms with van der Waals surface area (Å²) in [6.07, 6.45) is 36.3. The van der Waals surface area contributed by atoms with Crippen molar-refractivity contribution >= 4 is 61.9 Å². The second-order valence-corrected chi connectivity index (χ2v) is 48.6. The Morgan fingerprint density at radius 3 is 1.11 bits per heavy atom. The summed E-state index contributed by atoms with van der Waals surface area (Å²) < 4.78 is 89.2. The van der Waals surface area contributed by atoms with E-state index in [4.69, 9.17) is 22.6 Å². The minimum atomic E-state index is -6.09. The van der Waals surface area contributed by atoms with Gasteiger partial charge in [-0.25, -0.2) is 13.1 Å². The molecule has 9 aromatic carbocycles. The first-order valence-corrected chi connectivity index (χ1v) is 58.1. The van der Waals surface area contributed by atoms with Gasteiger partial charge in [-0.15, -0.1) is 60.3 Å². The monoisotopic (exact) mass is 2270 g/mol. The Morgan fingerprint density at radius 2 is 0.791 bits per heavy atom. The molecule has 0 unspecified atom stereocenters. The van der Waals surface area contributed by atoms with Crippen LogP contribution >= 0.6 is 25.4 Å². The molecule has 4 aliphatic carbocycles. The molecule has 0 radical (unpaired) electrons. The van der Waals surface area contributed by atoms with Gasteiger partial charge in [0.15, 0.2) is 10.1 Å². The summed E-state index contributed by atoms with van der Waals surface area (Å²) in [4.78, 5) is 0. The van der Waals surface area contributed by atoms with Gasteiger partial charge in [-0.2, -0.15) is 44.4 Å². The smallest absolute Gasteiger partial charge is 2.00 e. The van der Waals surface area contributed by atoms with Crippen LogP contribution in [0.1, 0.15) is 324 Å². The van der Waals surface area contributed by atoms with Crippen LogP contribution in [0.5, 0.6) is 0 Å². The van der Waals surface area contributed by atoms with Gasteiger partial charge in [-0.05, 0) is 190 Å². The molecule has 0 spiro atoms. The third-order valence-corrected chi connectivity index (χ3v) is 34.1. The molecular weight excluding hydrogens is 2110 g/mol. The molecule has 11 aromatic rings. The number of hydrogen-bond acceptors (Lipinski definition) is 6. The first kappa shape index (κ1) is 127. The second kappa shape index (κ2) is 63.3. The second-order valence-electron chi connectivity index (χ2n) is 39.6. The van der Waals surface area contributed by atoms with Gasteiger partial charge in [-0.1, -0.05) is 356 Å². The van der Waals surface area contributed by atoms with Crippen molar-refractivity contribution in [3.63, 3.8) is 0 Å². The number of rotatable bonds is 20. The molecule has 4 aliphatic rings. The Balaban J connectivity index is 0.000000451. The Hall–Kier alpha value is -6.11. The van der Waals surface area contributed by atoms with Gasteiger partial charge >= 0.3 is 74.1 Å². The van der Waals surface area contributed by atoms with Crippen LogP contribution in [0.15, 0.2) is 243 Å². The van der Waals surface area contributed by atoms with Crippen LogP contribution in [0.4, 0.5) is 18.9 Å². The topological polar surface area (TPSA) is 148 Å². The van der Waals surface area contributed by atoms with Crippen LogP contribution in [0.2, 0.25) is 0 Å². The van der Waals surface area contributed by atoms with E-state index in [0.29, 0.717) is 29.9 Å². The normalized spacial score (nSPS) is 14.3. The van der Waals surface area contributed by atoms with Crippen molar-refractivity contribution in [2.24, 2.45) is 10.8 Å². The molecule has 2 heterocycles. The SMILES string of the molecule is CC(C)(C)[C-](c1cccn1-c1c(-c2ccccc2)nn(-c2ccccc2)c1-c1ccccc1)C(C)(C)C.CC(C)c1cccc(C(C)C)c1-c1ccccc1[PH+](C1CCCCC1)C1CCCCC1.CC(C)c1cccc(C(C)C)c1-c1ccccc1[PH+](C1CCCCC1)C1CCCCC1.CCC.CCCC.CS(=O)(=O)O.C[N-]c1ccccc1-c1[c-]cccc1.O=S(=O)([O-])C(F)(F)F.[CH3-].[CH3-].[Cl][Pd+].[Pd+2].[Pd+2]. The molecule has 2 aromatic heterocycles. The minimum Gasteiger partial charge on any atom is 2.00 e. The number of unbranched alkanes of at least 4 members (excludes halogenated alkanes) is 1. The van der Waals surface area contributed by atoms with Gasteiger partial charge in [0.1, 0.15) is 5.69 Å². The molecule has 770 valence electrons. The summed E-state index contributed by atoms with van der Waals surface area (Å²) in [5, 5.41) is 13.1. The van der Waals surface area contributed by atoms with E-state index in [9.17, 15) is 21.6 Å². The molecule has 0 atom stereocenters. The first-order chi connectivity index (χ1) is 64.3. The van der Waals surface area contributed by atoms with Gasteiger partial charge < -0.3 is 29.3 Å². The van der Waals surface area contributed by atoms with Gasteiger partial charge in [0, 0.05) is 38.1 Å². The summed E-state index contributed by atoms with van der Waals surface area (Å²) in [5.41, 5.74) is 21.7. The molecule has 0 saturated heterocycles. The van der Waals surface area contributed by atoms with Crippen molar-refractivity contribution in [3.05, 3.63) is 303 Å². The summed E-state index contributed by atoms with van der Waals surface area (Å²) in [6.45, 7) is 41.5. The molecule has 4 fully saturated rings. The van der Waals surface area contributed by atoms with Crippen molar-refractivity contribution in [2.45, 2.75) is 324 Å². The maximum atomic E-state index is 10.7. The minimum absolute atomic E-state index is 0. The summed E-state index contributed by atoms with van der Waals surface area (Å²) in [5.74, 6) is 3.64. The maximum Gasteiger partial charge on any atom is 2.00 e. The number of aromatic nitrogens is 3. The Morgan fingerprint density at radius 1 is 0.475 bits per heavy atom. The van der Waals surface area contributed by atoms with E-state index in [1.165, 1.54) is 159 Å². The summed E-state index contributed by atoms with van der Waals surface area (Å²) in [6, 6.07) is 88.8. The molecule has 15 rings (SSSR count). The zero-order valence-electron chi connectivity index (χ0n) is 87.0. The molecule has 139 heavy (non-hydrogen) atoms. The Kier molecular flexibility index (Phi) is 57.9. The molecule has 21 heteroatoms. The van der Waals surface area contributed by atoms with Gasteiger partial charge in [0.2, 0.25) is 0 Å². The number of halogens is 4. The fraction of sp³-hybridized carbons (Fsp3) is 0.458. The molecular formula is C118H163ClF3N4O6P2Pd3S2+. The summed E-state index contributed by atoms with van der Waals surface area (Å²) in [7, 11) is -4.63. The average molecular weight is 2270 g/mol. The van der Waals surface area contributed by atoms with Crippen LogP contribution < -0.4 is 10.6 Å². The van der Waals surface area contributed by atoms with E-state index >= 15 is 0 Å². The van der Waals surface area contributed by atoms with E-state index < -0.39 is 41.6 Å². The van der Waals surface area contributed by atoms with Crippen LogP contribution in [0.25, 0.3) is 72.6 Å². The summed E-state index contributed by atoms with van der Waals surface area (Å²) >= 11 is 2.22. The third kappa shape index (κ3) is 38.3. The number of nitrogens with zero attached hydrogens (tertiary/aromatic N) is 4. The molecule has 10 nitrogen and oxygen atoms in total. The molecule has 0 amide bonds. The quantitative estimate of drug-likeness (QED) is 0.0263. The van der Waals surface area contributed by atoms with Gasteiger partial charge in [-0.3, -0.25) is 4.55 Å². The maximum absolute atomic E-state index is 10.7. The van der Waals surface area contributed by atoms with Crippen molar-refractivity contribution in [2.75, 3.05) is 13.3 Å². The molecule has 0 aliphatic heterocycles.